The van der Waals surface area contributed by atoms with Gasteiger partial charge in [-0.3, -0.25) is 9.79 Å². The molecule has 1 saturated carbocycles. The van der Waals surface area contributed by atoms with Crippen LogP contribution in [0.1, 0.15) is 43.0 Å². The SMILES string of the molecule is CCNC(=NCC1(CCOC)CCC1)NCCNC(=O)c1ccc(OC)cc1. The van der Waals surface area contributed by atoms with Gasteiger partial charge in [0, 0.05) is 45.5 Å². The van der Waals surface area contributed by atoms with Crippen LogP contribution in [-0.2, 0) is 4.74 Å². The number of ether oxygens (including phenoxy) is 2. The van der Waals surface area contributed by atoms with Crippen molar-refractivity contribution >= 4 is 11.9 Å². The highest BCUT2D eigenvalue weighted by atomic mass is 16.5. The monoisotopic (exact) mass is 390 g/mol. The minimum Gasteiger partial charge on any atom is -0.497 e. The van der Waals surface area contributed by atoms with Crippen LogP contribution >= 0.6 is 0 Å². The van der Waals surface area contributed by atoms with Crippen LogP contribution in [0.5, 0.6) is 5.75 Å². The van der Waals surface area contributed by atoms with Gasteiger partial charge in [-0.1, -0.05) is 6.42 Å². The fraction of sp³-hybridized carbons (Fsp3) is 0.619. The number of hydrogen-bond acceptors (Lipinski definition) is 4. The Hall–Kier alpha value is -2.28. The van der Waals surface area contributed by atoms with Gasteiger partial charge in [0.25, 0.3) is 5.91 Å². The van der Waals surface area contributed by atoms with Crippen LogP contribution in [0, 0.1) is 5.41 Å². The van der Waals surface area contributed by atoms with Crippen LogP contribution in [-0.4, -0.2) is 58.9 Å². The van der Waals surface area contributed by atoms with Gasteiger partial charge in [0.2, 0.25) is 0 Å². The normalized spacial score (nSPS) is 15.5. The second-order valence-corrected chi connectivity index (χ2v) is 7.20. The lowest BCUT2D eigenvalue weighted by Gasteiger charge is -2.40. The van der Waals surface area contributed by atoms with Gasteiger partial charge < -0.3 is 25.4 Å². The summed E-state index contributed by atoms with van der Waals surface area (Å²) in [4.78, 5) is 16.9. The molecule has 1 aromatic rings. The van der Waals surface area contributed by atoms with E-state index in [1.165, 1.54) is 19.3 Å². The first kappa shape index (κ1) is 22.0. The number of guanidine groups is 1. The molecule has 156 valence electrons. The van der Waals surface area contributed by atoms with E-state index in [4.69, 9.17) is 14.5 Å². The van der Waals surface area contributed by atoms with E-state index in [2.05, 4.69) is 16.0 Å². The minimum atomic E-state index is -0.0978. The maximum absolute atomic E-state index is 12.2. The van der Waals surface area contributed by atoms with Crippen LogP contribution in [0.25, 0.3) is 0 Å². The zero-order valence-corrected chi connectivity index (χ0v) is 17.3. The van der Waals surface area contributed by atoms with Crippen molar-refractivity contribution in [2.24, 2.45) is 10.4 Å². The van der Waals surface area contributed by atoms with Gasteiger partial charge in [-0.15, -0.1) is 0 Å². The average Bonchev–Trinajstić information content (AvgIpc) is 2.69. The number of hydrogen-bond donors (Lipinski definition) is 3. The van der Waals surface area contributed by atoms with Gasteiger partial charge in [-0.2, -0.15) is 0 Å². The van der Waals surface area contributed by atoms with Crippen molar-refractivity contribution in [3.05, 3.63) is 29.8 Å². The fourth-order valence-electron chi connectivity index (χ4n) is 3.27. The molecular weight excluding hydrogens is 356 g/mol. The molecule has 0 aromatic heterocycles. The summed E-state index contributed by atoms with van der Waals surface area (Å²) in [6.45, 7) is 5.57. The van der Waals surface area contributed by atoms with Crippen LogP contribution < -0.4 is 20.7 Å². The van der Waals surface area contributed by atoms with Gasteiger partial charge in [-0.05, 0) is 55.9 Å². The van der Waals surface area contributed by atoms with Crippen molar-refractivity contribution in [3.8, 4) is 5.75 Å². The predicted molar refractivity (Wildman–Crippen MR) is 112 cm³/mol. The van der Waals surface area contributed by atoms with Crippen molar-refractivity contribution in [3.63, 3.8) is 0 Å². The van der Waals surface area contributed by atoms with E-state index in [1.54, 1.807) is 38.5 Å². The van der Waals surface area contributed by atoms with E-state index < -0.39 is 0 Å². The zero-order valence-electron chi connectivity index (χ0n) is 17.3. The summed E-state index contributed by atoms with van der Waals surface area (Å²) in [5, 5.41) is 9.48. The van der Waals surface area contributed by atoms with Gasteiger partial charge in [0.15, 0.2) is 5.96 Å². The molecular formula is C21H34N4O3. The molecule has 0 bridgehead atoms. The third kappa shape index (κ3) is 6.71. The Balaban J connectivity index is 1.76. The summed E-state index contributed by atoms with van der Waals surface area (Å²) in [5.74, 6) is 1.43. The smallest absolute Gasteiger partial charge is 0.251 e. The van der Waals surface area contributed by atoms with Crippen LogP contribution in [0.4, 0.5) is 0 Å². The third-order valence-corrected chi connectivity index (χ3v) is 5.22. The van der Waals surface area contributed by atoms with Crippen LogP contribution in [0.3, 0.4) is 0 Å². The quantitative estimate of drug-likeness (QED) is 0.306. The molecule has 7 heteroatoms. The molecule has 1 aliphatic carbocycles. The topological polar surface area (TPSA) is 84.0 Å². The maximum atomic E-state index is 12.2. The van der Waals surface area contributed by atoms with E-state index in [-0.39, 0.29) is 5.91 Å². The Labute approximate surface area is 168 Å². The van der Waals surface area contributed by atoms with E-state index in [1.807, 2.05) is 6.92 Å². The Morgan fingerprint density at radius 2 is 1.82 bits per heavy atom. The Morgan fingerprint density at radius 1 is 1.11 bits per heavy atom. The molecule has 0 heterocycles. The summed E-state index contributed by atoms with van der Waals surface area (Å²) in [6.07, 6.45) is 4.78. The van der Waals surface area contributed by atoms with E-state index >= 15 is 0 Å². The number of rotatable bonds is 11. The summed E-state index contributed by atoms with van der Waals surface area (Å²) < 4.78 is 10.4. The number of methoxy groups -OCH3 is 2. The molecule has 28 heavy (non-hydrogen) atoms. The van der Waals surface area contributed by atoms with Crippen molar-refractivity contribution in [2.45, 2.75) is 32.6 Å². The van der Waals surface area contributed by atoms with E-state index in [0.717, 1.165) is 37.8 Å². The van der Waals surface area contributed by atoms with Crippen molar-refractivity contribution in [1.82, 2.24) is 16.0 Å². The molecule has 1 amide bonds. The zero-order chi connectivity index (χ0) is 20.2. The van der Waals surface area contributed by atoms with E-state index in [0.29, 0.717) is 24.1 Å². The lowest BCUT2D eigenvalue weighted by molar-refractivity contribution is 0.0778. The number of nitrogens with one attached hydrogen (secondary N) is 3. The highest BCUT2D eigenvalue weighted by Crippen LogP contribution is 2.44. The fourth-order valence-corrected chi connectivity index (χ4v) is 3.27. The summed E-state index contributed by atoms with van der Waals surface area (Å²) in [5.41, 5.74) is 0.910. The Kier molecular flexibility index (Phi) is 9.07. The molecule has 1 aromatic carbocycles. The molecule has 1 fully saturated rings. The van der Waals surface area contributed by atoms with Gasteiger partial charge in [0.05, 0.1) is 7.11 Å². The number of aliphatic imine (C=N–C) groups is 1. The molecule has 0 unspecified atom stereocenters. The molecule has 1 aliphatic rings. The lowest BCUT2D eigenvalue weighted by Crippen LogP contribution is -2.43. The second kappa shape index (κ2) is 11.5. The van der Waals surface area contributed by atoms with Crippen molar-refractivity contribution < 1.29 is 14.3 Å². The first-order valence-corrected chi connectivity index (χ1v) is 10.1. The average molecular weight is 391 g/mol. The minimum absolute atomic E-state index is 0.0978. The number of nitrogens with zero attached hydrogens (tertiary/aromatic N) is 1. The molecule has 0 radical (unpaired) electrons. The third-order valence-electron chi connectivity index (χ3n) is 5.22. The van der Waals surface area contributed by atoms with Crippen molar-refractivity contribution in [1.29, 1.82) is 0 Å². The highest BCUT2D eigenvalue weighted by molar-refractivity contribution is 5.94. The second-order valence-electron chi connectivity index (χ2n) is 7.20. The van der Waals surface area contributed by atoms with Gasteiger partial charge >= 0.3 is 0 Å². The Bertz CT molecular complexity index is 627. The highest BCUT2D eigenvalue weighted by Gasteiger charge is 2.36. The molecule has 0 saturated heterocycles. The number of amides is 1. The summed E-state index contributed by atoms with van der Waals surface area (Å²) in [7, 11) is 3.36. The van der Waals surface area contributed by atoms with E-state index in [9.17, 15) is 4.79 Å². The number of benzene rings is 1. The molecule has 7 nitrogen and oxygen atoms in total. The standard InChI is InChI=1S/C21H34N4O3/c1-4-22-20(25-16-21(10-5-11-21)12-15-27-2)24-14-13-23-19(26)17-6-8-18(28-3)9-7-17/h6-9H,4-5,10-16H2,1-3H3,(H,23,26)(H2,22,24,25). The largest absolute Gasteiger partial charge is 0.497 e. The Morgan fingerprint density at radius 3 is 2.39 bits per heavy atom. The molecule has 0 atom stereocenters. The van der Waals surface area contributed by atoms with Gasteiger partial charge in [0.1, 0.15) is 5.75 Å². The van der Waals surface area contributed by atoms with Crippen LogP contribution in [0.2, 0.25) is 0 Å². The van der Waals surface area contributed by atoms with Gasteiger partial charge in [-0.25, -0.2) is 0 Å². The first-order chi connectivity index (χ1) is 13.6. The lowest BCUT2D eigenvalue weighted by atomic mass is 9.67. The first-order valence-electron chi connectivity index (χ1n) is 10.1. The molecule has 0 spiro atoms. The summed E-state index contributed by atoms with van der Waals surface area (Å²) in [6, 6.07) is 7.07. The number of carbonyl (C=O) groups is 1. The molecule has 2 rings (SSSR count). The predicted octanol–water partition coefficient (Wildman–Crippen LogP) is 2.19. The van der Waals surface area contributed by atoms with Crippen LogP contribution in [0.15, 0.2) is 29.3 Å². The van der Waals surface area contributed by atoms with Crippen molar-refractivity contribution in [2.75, 3.05) is 47.0 Å². The maximum Gasteiger partial charge on any atom is 0.251 e. The molecule has 0 aliphatic heterocycles. The number of carbonyl (C=O) groups excluding carboxylic acids is 1. The summed E-state index contributed by atoms with van der Waals surface area (Å²) >= 11 is 0. The molecule has 3 N–H and O–H groups in total.